The highest BCUT2D eigenvalue weighted by Crippen LogP contribution is 2.38. The van der Waals surface area contributed by atoms with Crippen molar-refractivity contribution in [3.63, 3.8) is 0 Å². The molecule has 2 N–H and O–H groups in total. The van der Waals surface area contributed by atoms with E-state index in [9.17, 15) is 0 Å². The Morgan fingerprint density at radius 3 is 2.57 bits per heavy atom. The van der Waals surface area contributed by atoms with E-state index in [0.29, 0.717) is 12.0 Å². The fourth-order valence-electron chi connectivity index (χ4n) is 4.03. The summed E-state index contributed by atoms with van der Waals surface area (Å²) in [7, 11) is 2.25. The van der Waals surface area contributed by atoms with Gasteiger partial charge < -0.3 is 15.4 Å². The molecule has 0 amide bonds. The minimum absolute atomic E-state index is 0.141. The second kappa shape index (κ2) is 6.47. The molecule has 1 aliphatic heterocycles. The molecular formula is C18H28N2O. The molecule has 0 aromatic heterocycles. The SMILES string of the molecule is CC1CC(N(C)CC2CCOCC2)C(N)c2ccccc21. The van der Waals surface area contributed by atoms with E-state index in [1.807, 2.05) is 0 Å². The third kappa shape index (κ3) is 3.15. The summed E-state index contributed by atoms with van der Waals surface area (Å²) in [5, 5.41) is 0. The molecule has 3 unspecified atom stereocenters. The van der Waals surface area contributed by atoms with Gasteiger partial charge in [0.15, 0.2) is 0 Å². The summed E-state index contributed by atoms with van der Waals surface area (Å²) in [6.45, 7) is 5.33. The van der Waals surface area contributed by atoms with Crippen molar-refractivity contribution in [1.29, 1.82) is 0 Å². The lowest BCUT2D eigenvalue weighted by Crippen LogP contribution is -2.46. The predicted octanol–water partition coefficient (Wildman–Crippen LogP) is 2.92. The zero-order chi connectivity index (χ0) is 14.8. The summed E-state index contributed by atoms with van der Waals surface area (Å²) in [6, 6.07) is 9.31. The van der Waals surface area contributed by atoms with Crippen LogP contribution in [0.15, 0.2) is 24.3 Å². The van der Waals surface area contributed by atoms with Gasteiger partial charge in [-0.05, 0) is 49.3 Å². The molecule has 0 saturated carbocycles. The van der Waals surface area contributed by atoms with E-state index in [1.165, 1.54) is 24.0 Å². The number of likely N-dealkylation sites (N-methyl/N-ethyl adjacent to an activating group) is 1. The summed E-state index contributed by atoms with van der Waals surface area (Å²) < 4.78 is 5.47. The first-order valence-electron chi connectivity index (χ1n) is 8.29. The van der Waals surface area contributed by atoms with E-state index in [0.717, 1.165) is 32.1 Å². The molecule has 21 heavy (non-hydrogen) atoms. The fraction of sp³-hybridized carbons (Fsp3) is 0.667. The Labute approximate surface area is 128 Å². The second-order valence-electron chi connectivity index (χ2n) is 6.85. The standard InChI is InChI=1S/C18H28N2O/c1-13-11-17(18(19)16-6-4-3-5-15(13)16)20(2)12-14-7-9-21-10-8-14/h3-6,13-14,17-18H,7-12,19H2,1-2H3. The third-order valence-electron chi connectivity index (χ3n) is 5.35. The van der Waals surface area contributed by atoms with Gasteiger partial charge in [0.05, 0.1) is 0 Å². The van der Waals surface area contributed by atoms with Crippen molar-refractivity contribution in [3.8, 4) is 0 Å². The van der Waals surface area contributed by atoms with Crippen LogP contribution in [-0.2, 0) is 4.74 Å². The summed E-state index contributed by atoms with van der Waals surface area (Å²) in [6.07, 6.45) is 3.55. The maximum Gasteiger partial charge on any atom is 0.0469 e. The molecule has 1 aromatic carbocycles. The largest absolute Gasteiger partial charge is 0.381 e. The highest BCUT2D eigenvalue weighted by atomic mass is 16.5. The first kappa shape index (κ1) is 15.0. The van der Waals surface area contributed by atoms with Crippen molar-refractivity contribution in [1.82, 2.24) is 4.90 Å². The Kier molecular flexibility index (Phi) is 4.63. The first-order chi connectivity index (χ1) is 10.2. The number of benzene rings is 1. The van der Waals surface area contributed by atoms with Crippen LogP contribution in [0.5, 0.6) is 0 Å². The van der Waals surface area contributed by atoms with Gasteiger partial charge in [0, 0.05) is 31.8 Å². The van der Waals surface area contributed by atoms with Crippen molar-refractivity contribution < 1.29 is 4.74 Å². The molecule has 3 atom stereocenters. The molecule has 0 spiro atoms. The van der Waals surface area contributed by atoms with Crippen molar-refractivity contribution in [3.05, 3.63) is 35.4 Å². The van der Waals surface area contributed by atoms with E-state index in [-0.39, 0.29) is 6.04 Å². The molecule has 116 valence electrons. The molecule has 0 bridgehead atoms. The smallest absolute Gasteiger partial charge is 0.0469 e. The van der Waals surface area contributed by atoms with Crippen molar-refractivity contribution in [2.45, 2.75) is 44.2 Å². The Hall–Kier alpha value is -0.900. The number of hydrogen-bond donors (Lipinski definition) is 1. The van der Waals surface area contributed by atoms with E-state index in [1.54, 1.807) is 0 Å². The molecule has 1 fully saturated rings. The van der Waals surface area contributed by atoms with Gasteiger partial charge in [-0.1, -0.05) is 31.2 Å². The molecule has 1 aliphatic carbocycles. The first-order valence-corrected chi connectivity index (χ1v) is 8.29. The number of fused-ring (bicyclic) bond motifs is 1. The zero-order valence-electron chi connectivity index (χ0n) is 13.3. The Morgan fingerprint density at radius 2 is 1.86 bits per heavy atom. The van der Waals surface area contributed by atoms with Crippen LogP contribution in [-0.4, -0.2) is 37.7 Å². The number of nitrogens with zero attached hydrogens (tertiary/aromatic N) is 1. The molecular weight excluding hydrogens is 260 g/mol. The lowest BCUT2D eigenvalue weighted by atomic mass is 9.77. The van der Waals surface area contributed by atoms with Gasteiger partial charge in [0.25, 0.3) is 0 Å². The molecule has 1 saturated heterocycles. The van der Waals surface area contributed by atoms with E-state index >= 15 is 0 Å². The van der Waals surface area contributed by atoms with Crippen molar-refractivity contribution in [2.75, 3.05) is 26.8 Å². The summed E-state index contributed by atoms with van der Waals surface area (Å²) >= 11 is 0. The highest BCUT2D eigenvalue weighted by molar-refractivity contribution is 5.36. The highest BCUT2D eigenvalue weighted by Gasteiger charge is 2.33. The van der Waals surface area contributed by atoms with Crippen molar-refractivity contribution in [2.24, 2.45) is 11.7 Å². The molecule has 1 aromatic rings. The van der Waals surface area contributed by atoms with Gasteiger partial charge in [-0.2, -0.15) is 0 Å². The number of ether oxygens (including phenoxy) is 1. The lowest BCUT2D eigenvalue weighted by molar-refractivity contribution is 0.0461. The van der Waals surface area contributed by atoms with Crippen LogP contribution in [0.3, 0.4) is 0 Å². The van der Waals surface area contributed by atoms with E-state index < -0.39 is 0 Å². The number of rotatable bonds is 3. The normalized spacial score (nSPS) is 30.4. The third-order valence-corrected chi connectivity index (χ3v) is 5.35. The van der Waals surface area contributed by atoms with Crippen LogP contribution in [0, 0.1) is 5.92 Å². The molecule has 1 heterocycles. The second-order valence-corrected chi connectivity index (χ2v) is 6.85. The Morgan fingerprint density at radius 1 is 1.19 bits per heavy atom. The quantitative estimate of drug-likeness (QED) is 0.929. The minimum Gasteiger partial charge on any atom is -0.381 e. The van der Waals surface area contributed by atoms with Gasteiger partial charge in [-0.15, -0.1) is 0 Å². The van der Waals surface area contributed by atoms with E-state index in [4.69, 9.17) is 10.5 Å². The van der Waals surface area contributed by atoms with Gasteiger partial charge in [-0.3, -0.25) is 0 Å². The summed E-state index contributed by atoms with van der Waals surface area (Å²) in [4.78, 5) is 2.51. The molecule has 2 aliphatic rings. The fourth-order valence-corrected chi connectivity index (χ4v) is 4.03. The van der Waals surface area contributed by atoms with Gasteiger partial charge >= 0.3 is 0 Å². The average Bonchev–Trinajstić information content (AvgIpc) is 2.52. The maximum atomic E-state index is 6.59. The van der Waals surface area contributed by atoms with Gasteiger partial charge in [-0.25, -0.2) is 0 Å². The van der Waals surface area contributed by atoms with Gasteiger partial charge in [0.1, 0.15) is 0 Å². The van der Waals surface area contributed by atoms with Crippen LogP contribution < -0.4 is 5.73 Å². The minimum atomic E-state index is 0.141. The summed E-state index contributed by atoms with van der Waals surface area (Å²) in [5.41, 5.74) is 9.38. The molecule has 3 heteroatoms. The number of nitrogens with two attached hydrogens (primary N) is 1. The maximum absolute atomic E-state index is 6.59. The monoisotopic (exact) mass is 288 g/mol. The van der Waals surface area contributed by atoms with Crippen LogP contribution >= 0.6 is 0 Å². The van der Waals surface area contributed by atoms with Crippen molar-refractivity contribution >= 4 is 0 Å². The predicted molar refractivity (Wildman–Crippen MR) is 86.4 cm³/mol. The number of hydrogen-bond acceptors (Lipinski definition) is 3. The average molecular weight is 288 g/mol. The molecule has 3 nitrogen and oxygen atoms in total. The lowest BCUT2D eigenvalue weighted by Gasteiger charge is -2.41. The van der Waals surface area contributed by atoms with Crippen LogP contribution in [0.25, 0.3) is 0 Å². The van der Waals surface area contributed by atoms with Crippen LogP contribution in [0.1, 0.15) is 49.3 Å². The summed E-state index contributed by atoms with van der Waals surface area (Å²) in [5.74, 6) is 1.37. The topological polar surface area (TPSA) is 38.5 Å². The Bertz CT molecular complexity index is 470. The zero-order valence-corrected chi connectivity index (χ0v) is 13.3. The molecule has 3 rings (SSSR count). The Balaban J connectivity index is 1.71. The van der Waals surface area contributed by atoms with E-state index in [2.05, 4.69) is 43.1 Å². The van der Waals surface area contributed by atoms with Gasteiger partial charge in [0.2, 0.25) is 0 Å². The van der Waals surface area contributed by atoms with Crippen LogP contribution in [0.4, 0.5) is 0 Å². The molecule has 0 radical (unpaired) electrons. The van der Waals surface area contributed by atoms with Crippen LogP contribution in [0.2, 0.25) is 0 Å².